The SMILES string of the molecule is CCNC(C)CCCN1CCOC(C)C1. The molecular weight excluding hydrogens is 188 g/mol. The van der Waals surface area contributed by atoms with Gasteiger partial charge in [0.25, 0.3) is 0 Å². The van der Waals surface area contributed by atoms with Crippen LogP contribution in [0, 0.1) is 0 Å². The smallest absolute Gasteiger partial charge is 0.0674 e. The number of nitrogens with one attached hydrogen (secondary N) is 1. The van der Waals surface area contributed by atoms with E-state index < -0.39 is 0 Å². The fourth-order valence-electron chi connectivity index (χ4n) is 2.17. The molecule has 1 fully saturated rings. The average Bonchev–Trinajstić information content (AvgIpc) is 2.18. The molecule has 0 aromatic heterocycles. The number of rotatable bonds is 6. The Morgan fingerprint density at radius 3 is 3.00 bits per heavy atom. The lowest BCUT2D eigenvalue weighted by molar-refractivity contribution is -0.0187. The summed E-state index contributed by atoms with van der Waals surface area (Å²) in [6, 6.07) is 0.661. The third-order valence-electron chi connectivity index (χ3n) is 2.99. The normalized spacial score (nSPS) is 25.4. The first-order chi connectivity index (χ1) is 7.22. The molecule has 3 heteroatoms. The number of morpholine rings is 1. The summed E-state index contributed by atoms with van der Waals surface area (Å²) in [6.45, 7) is 12.0. The summed E-state index contributed by atoms with van der Waals surface area (Å²) in [5.41, 5.74) is 0. The zero-order valence-corrected chi connectivity index (χ0v) is 10.5. The van der Waals surface area contributed by atoms with Crippen LogP contribution in [0.4, 0.5) is 0 Å². The van der Waals surface area contributed by atoms with E-state index in [-0.39, 0.29) is 0 Å². The Morgan fingerprint density at radius 2 is 2.33 bits per heavy atom. The maximum atomic E-state index is 5.52. The average molecular weight is 214 g/mol. The molecule has 90 valence electrons. The van der Waals surface area contributed by atoms with Crippen molar-refractivity contribution >= 4 is 0 Å². The molecule has 15 heavy (non-hydrogen) atoms. The topological polar surface area (TPSA) is 24.5 Å². The van der Waals surface area contributed by atoms with Crippen LogP contribution in [0.3, 0.4) is 0 Å². The van der Waals surface area contributed by atoms with Crippen molar-refractivity contribution in [1.82, 2.24) is 10.2 Å². The minimum absolute atomic E-state index is 0.421. The van der Waals surface area contributed by atoms with Crippen molar-refractivity contribution in [1.29, 1.82) is 0 Å². The molecule has 2 unspecified atom stereocenters. The van der Waals surface area contributed by atoms with E-state index >= 15 is 0 Å². The predicted molar refractivity (Wildman–Crippen MR) is 64.2 cm³/mol. The van der Waals surface area contributed by atoms with Gasteiger partial charge in [-0.25, -0.2) is 0 Å². The molecule has 1 aliphatic heterocycles. The lowest BCUT2D eigenvalue weighted by Crippen LogP contribution is -2.41. The second-order valence-corrected chi connectivity index (χ2v) is 4.58. The summed E-state index contributed by atoms with van der Waals surface area (Å²) >= 11 is 0. The van der Waals surface area contributed by atoms with E-state index in [1.54, 1.807) is 0 Å². The predicted octanol–water partition coefficient (Wildman–Crippen LogP) is 1.49. The Labute approximate surface area is 94.2 Å². The molecule has 1 rings (SSSR count). The highest BCUT2D eigenvalue weighted by molar-refractivity contribution is 4.69. The molecule has 0 amide bonds. The van der Waals surface area contributed by atoms with E-state index in [1.807, 2.05) is 0 Å². The molecule has 1 aliphatic rings. The maximum absolute atomic E-state index is 5.52. The summed E-state index contributed by atoms with van der Waals surface area (Å²) < 4.78 is 5.52. The second kappa shape index (κ2) is 7.20. The van der Waals surface area contributed by atoms with Crippen LogP contribution in [0.5, 0.6) is 0 Å². The van der Waals surface area contributed by atoms with E-state index in [0.717, 1.165) is 26.2 Å². The molecule has 1 N–H and O–H groups in total. The third-order valence-corrected chi connectivity index (χ3v) is 2.99. The molecular formula is C12H26N2O. The highest BCUT2D eigenvalue weighted by Crippen LogP contribution is 2.06. The quantitative estimate of drug-likeness (QED) is 0.725. The van der Waals surface area contributed by atoms with Crippen LogP contribution in [0.15, 0.2) is 0 Å². The maximum Gasteiger partial charge on any atom is 0.0674 e. The van der Waals surface area contributed by atoms with Crippen molar-refractivity contribution < 1.29 is 4.74 Å². The Balaban J connectivity index is 2.03. The van der Waals surface area contributed by atoms with Crippen LogP contribution in [-0.4, -0.2) is 49.8 Å². The summed E-state index contributed by atoms with van der Waals surface area (Å²) in [5, 5.41) is 3.45. The Kier molecular flexibility index (Phi) is 6.22. The van der Waals surface area contributed by atoms with Gasteiger partial charge in [-0.2, -0.15) is 0 Å². The van der Waals surface area contributed by atoms with Gasteiger partial charge in [0.1, 0.15) is 0 Å². The van der Waals surface area contributed by atoms with Gasteiger partial charge >= 0.3 is 0 Å². The number of ether oxygens (including phenoxy) is 1. The molecule has 0 saturated carbocycles. The molecule has 0 aromatic rings. The van der Waals surface area contributed by atoms with Gasteiger partial charge in [-0.3, -0.25) is 4.90 Å². The third kappa shape index (κ3) is 5.50. The number of nitrogens with zero attached hydrogens (tertiary/aromatic N) is 1. The molecule has 0 bridgehead atoms. The highest BCUT2D eigenvalue weighted by Gasteiger charge is 2.15. The van der Waals surface area contributed by atoms with E-state index in [4.69, 9.17) is 4.74 Å². The van der Waals surface area contributed by atoms with Gasteiger partial charge in [0, 0.05) is 19.1 Å². The number of hydrogen-bond acceptors (Lipinski definition) is 3. The van der Waals surface area contributed by atoms with Crippen molar-refractivity contribution in [3.05, 3.63) is 0 Å². The van der Waals surface area contributed by atoms with E-state index in [0.29, 0.717) is 12.1 Å². The van der Waals surface area contributed by atoms with E-state index in [2.05, 4.69) is 31.0 Å². The van der Waals surface area contributed by atoms with Gasteiger partial charge in [0.05, 0.1) is 12.7 Å². The zero-order valence-electron chi connectivity index (χ0n) is 10.5. The highest BCUT2D eigenvalue weighted by atomic mass is 16.5. The van der Waals surface area contributed by atoms with Crippen molar-refractivity contribution in [3.63, 3.8) is 0 Å². The first-order valence-electron chi connectivity index (χ1n) is 6.29. The summed E-state index contributed by atoms with van der Waals surface area (Å²) in [5.74, 6) is 0. The van der Waals surface area contributed by atoms with Crippen molar-refractivity contribution in [2.75, 3.05) is 32.8 Å². The molecule has 0 radical (unpaired) electrons. The van der Waals surface area contributed by atoms with Crippen LogP contribution in [0.1, 0.15) is 33.6 Å². The van der Waals surface area contributed by atoms with Gasteiger partial charge in [-0.05, 0) is 39.8 Å². The Morgan fingerprint density at radius 1 is 1.53 bits per heavy atom. The van der Waals surface area contributed by atoms with Crippen LogP contribution in [0.25, 0.3) is 0 Å². The van der Waals surface area contributed by atoms with E-state index in [1.165, 1.54) is 19.4 Å². The van der Waals surface area contributed by atoms with Crippen molar-refractivity contribution in [2.24, 2.45) is 0 Å². The minimum atomic E-state index is 0.421. The monoisotopic (exact) mass is 214 g/mol. The van der Waals surface area contributed by atoms with Crippen LogP contribution in [-0.2, 0) is 4.74 Å². The van der Waals surface area contributed by atoms with Crippen LogP contribution >= 0.6 is 0 Å². The van der Waals surface area contributed by atoms with Gasteiger partial charge in [0.2, 0.25) is 0 Å². The molecule has 1 heterocycles. The van der Waals surface area contributed by atoms with Crippen molar-refractivity contribution in [2.45, 2.75) is 45.8 Å². The summed E-state index contributed by atoms with van der Waals surface area (Å²) in [4.78, 5) is 2.52. The molecule has 2 atom stereocenters. The summed E-state index contributed by atoms with van der Waals surface area (Å²) in [6.07, 6.45) is 2.99. The van der Waals surface area contributed by atoms with Gasteiger partial charge in [-0.15, -0.1) is 0 Å². The Hall–Kier alpha value is -0.120. The zero-order chi connectivity index (χ0) is 11.1. The number of hydrogen-bond donors (Lipinski definition) is 1. The molecule has 0 spiro atoms. The lowest BCUT2D eigenvalue weighted by atomic mass is 10.1. The van der Waals surface area contributed by atoms with Gasteiger partial charge in [0.15, 0.2) is 0 Å². The first kappa shape index (κ1) is 12.9. The molecule has 3 nitrogen and oxygen atoms in total. The minimum Gasteiger partial charge on any atom is -0.376 e. The van der Waals surface area contributed by atoms with Gasteiger partial charge < -0.3 is 10.1 Å². The molecule has 1 saturated heterocycles. The van der Waals surface area contributed by atoms with Gasteiger partial charge in [-0.1, -0.05) is 6.92 Å². The van der Waals surface area contributed by atoms with Crippen LogP contribution < -0.4 is 5.32 Å². The largest absolute Gasteiger partial charge is 0.376 e. The van der Waals surface area contributed by atoms with E-state index in [9.17, 15) is 0 Å². The van der Waals surface area contributed by atoms with Crippen molar-refractivity contribution in [3.8, 4) is 0 Å². The molecule has 0 aliphatic carbocycles. The Bertz CT molecular complexity index is 164. The molecule has 0 aromatic carbocycles. The fourth-order valence-corrected chi connectivity index (χ4v) is 2.17. The summed E-state index contributed by atoms with van der Waals surface area (Å²) in [7, 11) is 0. The second-order valence-electron chi connectivity index (χ2n) is 4.58. The lowest BCUT2D eigenvalue weighted by Gasteiger charge is -2.31. The fraction of sp³-hybridized carbons (Fsp3) is 1.00. The first-order valence-corrected chi connectivity index (χ1v) is 6.29. The van der Waals surface area contributed by atoms with Crippen LogP contribution in [0.2, 0.25) is 0 Å². The standard InChI is InChI=1S/C12H26N2O/c1-4-13-11(2)6-5-7-14-8-9-15-12(3)10-14/h11-13H,4-10H2,1-3H3.